The molecule has 8 nitrogen and oxygen atoms in total. The van der Waals surface area contributed by atoms with Gasteiger partial charge in [-0.3, -0.25) is 9.59 Å². The molecule has 2 aliphatic heterocycles. The molecule has 1 unspecified atom stereocenters. The number of epoxide rings is 1. The highest BCUT2D eigenvalue weighted by molar-refractivity contribution is 8.00. The quantitative estimate of drug-likeness (QED) is 0.238. The minimum absolute atomic E-state index is 0.0755. The maximum atomic E-state index is 13.3. The number of fused-ring (bicyclic) bond motifs is 1. The summed E-state index contributed by atoms with van der Waals surface area (Å²) in [5.74, 6) is -0.0242. The van der Waals surface area contributed by atoms with E-state index in [1.807, 2.05) is 37.4 Å². The fourth-order valence-electron chi connectivity index (χ4n) is 5.55. The first-order chi connectivity index (χ1) is 19.3. The molecular weight excluding hydrogens is 562 g/mol. The summed E-state index contributed by atoms with van der Waals surface area (Å²) in [7, 11) is 0. The fourth-order valence-corrected chi connectivity index (χ4v) is 7.24. The average molecular weight is 606 g/mol. The predicted octanol–water partition coefficient (Wildman–Crippen LogP) is 6.05. The number of nitrogens with zero attached hydrogens (tertiary/aromatic N) is 1. The van der Waals surface area contributed by atoms with E-state index in [-0.39, 0.29) is 29.8 Å². The molecule has 0 radical (unpaired) electrons. The van der Waals surface area contributed by atoms with E-state index in [1.54, 1.807) is 50.1 Å². The average Bonchev–Trinajstić information content (AvgIpc) is 3.29. The number of aliphatic hydroxyl groups is 2. The Hall–Kier alpha value is -1.98. The molecule has 2 aliphatic rings. The maximum Gasteiger partial charge on any atom is 0.309 e. The number of hydrogen-bond acceptors (Lipinski definition) is 10. The van der Waals surface area contributed by atoms with Crippen LogP contribution in [-0.2, 0) is 24.8 Å². The van der Waals surface area contributed by atoms with Gasteiger partial charge in [-0.05, 0) is 56.4 Å². The molecule has 0 aromatic carbocycles. The number of ether oxygens (including phenoxy) is 2. The second kappa shape index (κ2) is 13.1. The molecule has 2 N–H and O–H groups in total. The first-order valence-electron chi connectivity index (χ1n) is 14.4. The van der Waals surface area contributed by atoms with Crippen molar-refractivity contribution < 1.29 is 33.7 Å². The zero-order valence-corrected chi connectivity index (χ0v) is 26.4. The van der Waals surface area contributed by atoms with E-state index in [1.165, 1.54) is 0 Å². The highest BCUT2D eigenvalue weighted by atomic mass is 32.2. The topological polar surface area (TPSA) is 122 Å². The first kappa shape index (κ1) is 31.9. The molecule has 4 rings (SSSR count). The Balaban J connectivity index is 1.51. The second-order valence-electron chi connectivity index (χ2n) is 12.4. The van der Waals surface area contributed by atoms with Crippen molar-refractivity contribution in [2.24, 2.45) is 17.3 Å². The van der Waals surface area contributed by atoms with Crippen molar-refractivity contribution in [2.45, 2.75) is 114 Å². The van der Waals surface area contributed by atoms with Gasteiger partial charge in [0.2, 0.25) is 0 Å². The standard InChI is InChI=1S/C31H43NO7S2/c1-18-9-7-11-31(6)25(39-31)14-23(38-26(34)15-24(33)30(4,5)28(36)20(3)27(18)35)19(2)13-21-16-40-29(32-21)41-17-22-10-8-12-37-22/h8,10,12-13,16,18,20,23-25,27,33,35H,7,9,11,14-15,17H2,1-6H3/b19-13+/t18-,20+,23-,24-,25?,27-,31+/m0/s1. The number of cyclic esters (lactones) is 1. The molecule has 2 aromatic rings. The Bertz CT molecular complexity index is 1220. The van der Waals surface area contributed by atoms with Gasteiger partial charge in [0.25, 0.3) is 0 Å². The van der Waals surface area contributed by atoms with Gasteiger partial charge >= 0.3 is 5.97 Å². The largest absolute Gasteiger partial charge is 0.468 e. The Morgan fingerprint density at radius 1 is 1.24 bits per heavy atom. The summed E-state index contributed by atoms with van der Waals surface area (Å²) in [6.45, 7) is 10.9. The zero-order chi connectivity index (χ0) is 29.9. The van der Waals surface area contributed by atoms with E-state index in [0.717, 1.165) is 40.6 Å². The van der Waals surface area contributed by atoms with E-state index in [0.29, 0.717) is 12.2 Å². The van der Waals surface area contributed by atoms with Gasteiger partial charge in [0.15, 0.2) is 4.34 Å². The lowest BCUT2D eigenvalue weighted by Crippen LogP contribution is -2.45. The number of Topliss-reactive ketones (excluding diaryl/α,β-unsaturated/α-hetero) is 1. The van der Waals surface area contributed by atoms with Crippen LogP contribution in [0, 0.1) is 17.3 Å². The number of thioether (sulfide) groups is 1. The summed E-state index contributed by atoms with van der Waals surface area (Å²) in [6.07, 6.45) is 3.45. The number of furan rings is 1. The van der Waals surface area contributed by atoms with Crippen molar-refractivity contribution >= 4 is 40.9 Å². The highest BCUT2D eigenvalue weighted by Crippen LogP contribution is 2.45. The number of carbonyl (C=O) groups excluding carboxylic acids is 2. The SMILES string of the molecule is C/C(=C\c1csc(SCc2ccco2)n1)[C@@H]1CC2O[C@]2(C)CCC[C@H](C)[C@H](O)[C@@H](C)C(=O)C(C)(C)[C@@H](O)CC(=O)O1. The summed E-state index contributed by atoms with van der Waals surface area (Å²) in [5.41, 5.74) is 0.0659. The third-order valence-electron chi connectivity index (χ3n) is 8.71. The second-order valence-corrected chi connectivity index (χ2v) is 14.5. The molecular formula is C31H43NO7S2. The van der Waals surface area contributed by atoms with E-state index in [2.05, 4.69) is 6.92 Å². The molecule has 0 spiro atoms. The maximum absolute atomic E-state index is 13.3. The number of carbonyl (C=O) groups is 2. The minimum Gasteiger partial charge on any atom is -0.468 e. The van der Waals surface area contributed by atoms with Gasteiger partial charge in [-0.25, -0.2) is 4.98 Å². The van der Waals surface area contributed by atoms with Crippen molar-refractivity contribution in [2.75, 3.05) is 0 Å². The third-order valence-corrected chi connectivity index (χ3v) is 10.8. The molecule has 0 bridgehead atoms. The van der Waals surface area contributed by atoms with Gasteiger partial charge < -0.3 is 24.1 Å². The van der Waals surface area contributed by atoms with Crippen LogP contribution in [0.2, 0.25) is 0 Å². The number of thiazole rings is 1. The van der Waals surface area contributed by atoms with Crippen molar-refractivity contribution in [3.63, 3.8) is 0 Å². The lowest BCUT2D eigenvalue weighted by atomic mass is 9.73. The van der Waals surface area contributed by atoms with Gasteiger partial charge in [-0.1, -0.05) is 45.9 Å². The number of aliphatic hydroxyl groups excluding tert-OH is 2. The molecule has 4 heterocycles. The minimum atomic E-state index is -1.25. The van der Waals surface area contributed by atoms with Gasteiger partial charge in [0.1, 0.15) is 17.6 Å². The number of esters is 1. The Morgan fingerprint density at radius 3 is 2.71 bits per heavy atom. The van der Waals surface area contributed by atoms with Crippen molar-refractivity contribution in [3.8, 4) is 0 Å². The van der Waals surface area contributed by atoms with Gasteiger partial charge in [0, 0.05) is 17.7 Å². The molecule has 0 saturated carbocycles. The molecule has 41 heavy (non-hydrogen) atoms. The van der Waals surface area contributed by atoms with Crippen LogP contribution in [0.1, 0.15) is 85.1 Å². The van der Waals surface area contributed by atoms with Crippen LogP contribution in [0.15, 0.2) is 38.1 Å². The summed E-state index contributed by atoms with van der Waals surface area (Å²) in [5, 5.41) is 23.8. The zero-order valence-electron chi connectivity index (χ0n) is 24.8. The summed E-state index contributed by atoms with van der Waals surface area (Å²) < 4.78 is 18.4. The smallest absolute Gasteiger partial charge is 0.309 e. The van der Waals surface area contributed by atoms with Gasteiger partial charge in [-0.15, -0.1) is 11.3 Å². The van der Waals surface area contributed by atoms with E-state index in [9.17, 15) is 19.8 Å². The van der Waals surface area contributed by atoms with E-state index in [4.69, 9.17) is 18.9 Å². The molecule has 2 saturated heterocycles. The third kappa shape index (κ3) is 7.90. The van der Waals surface area contributed by atoms with Crippen LogP contribution in [-0.4, -0.2) is 57.0 Å². The lowest BCUT2D eigenvalue weighted by Gasteiger charge is -2.34. The molecule has 7 atom stereocenters. The summed E-state index contributed by atoms with van der Waals surface area (Å²) in [6, 6.07) is 3.80. The van der Waals surface area contributed by atoms with Crippen molar-refractivity contribution in [1.29, 1.82) is 0 Å². The van der Waals surface area contributed by atoms with Crippen LogP contribution >= 0.6 is 23.1 Å². The van der Waals surface area contributed by atoms with Crippen LogP contribution in [0.5, 0.6) is 0 Å². The molecule has 0 aliphatic carbocycles. The van der Waals surface area contributed by atoms with Crippen LogP contribution in [0.4, 0.5) is 0 Å². The Labute approximate surface area is 250 Å². The molecule has 0 amide bonds. The van der Waals surface area contributed by atoms with E-state index < -0.39 is 35.6 Å². The molecule has 2 aromatic heterocycles. The van der Waals surface area contributed by atoms with Crippen LogP contribution in [0.3, 0.4) is 0 Å². The number of hydrogen-bond donors (Lipinski definition) is 2. The molecule has 10 heteroatoms. The normalized spacial score (nSPS) is 33.7. The first-order valence-corrected chi connectivity index (χ1v) is 16.2. The van der Waals surface area contributed by atoms with Gasteiger partial charge in [-0.2, -0.15) is 0 Å². The summed E-state index contributed by atoms with van der Waals surface area (Å²) >= 11 is 3.15. The Kier molecular flexibility index (Phi) is 10.2. The fraction of sp³-hybridized carbons (Fsp3) is 0.645. The monoisotopic (exact) mass is 605 g/mol. The number of ketones is 1. The van der Waals surface area contributed by atoms with Gasteiger partial charge in [0.05, 0.1) is 53.5 Å². The van der Waals surface area contributed by atoms with Crippen molar-refractivity contribution in [1.82, 2.24) is 4.98 Å². The van der Waals surface area contributed by atoms with Crippen LogP contribution in [0.25, 0.3) is 6.08 Å². The van der Waals surface area contributed by atoms with E-state index >= 15 is 0 Å². The molecule has 2 fully saturated rings. The Morgan fingerprint density at radius 2 is 2.00 bits per heavy atom. The lowest BCUT2D eigenvalue weighted by molar-refractivity contribution is -0.154. The predicted molar refractivity (Wildman–Crippen MR) is 159 cm³/mol. The highest BCUT2D eigenvalue weighted by Gasteiger charge is 2.53. The van der Waals surface area contributed by atoms with Crippen molar-refractivity contribution in [3.05, 3.63) is 40.8 Å². The number of rotatable bonds is 5. The molecule has 226 valence electrons. The summed E-state index contributed by atoms with van der Waals surface area (Å²) in [4.78, 5) is 31.1. The van der Waals surface area contributed by atoms with Crippen LogP contribution < -0.4 is 0 Å². The number of aromatic nitrogens is 1.